The second-order valence-corrected chi connectivity index (χ2v) is 3.49. The highest BCUT2D eigenvalue weighted by molar-refractivity contribution is 9.10. The monoisotopic (exact) mass is 277 g/mol. The van der Waals surface area contributed by atoms with E-state index in [2.05, 4.69) is 15.9 Å². The molecule has 0 heterocycles. The Morgan fingerprint density at radius 1 is 1.40 bits per heavy atom. The maximum atomic E-state index is 12.1. The number of nitrogens with zero attached hydrogens (tertiary/aromatic N) is 1. The lowest BCUT2D eigenvalue weighted by Crippen LogP contribution is -2.23. The summed E-state index contributed by atoms with van der Waals surface area (Å²) in [5.74, 6) is -1.97. The molecular formula is C9H3BrF3NO. The van der Waals surface area contributed by atoms with Gasteiger partial charge in [0.15, 0.2) is 0 Å². The number of carbonyl (C=O) groups excluding carboxylic acids is 1. The summed E-state index contributed by atoms with van der Waals surface area (Å²) in [6.07, 6.45) is -4.93. The summed E-state index contributed by atoms with van der Waals surface area (Å²) in [4.78, 5) is 10.9. The van der Waals surface area contributed by atoms with Gasteiger partial charge in [-0.2, -0.15) is 18.4 Å². The van der Waals surface area contributed by atoms with Gasteiger partial charge >= 0.3 is 6.18 Å². The Morgan fingerprint density at radius 2 is 2.00 bits per heavy atom. The van der Waals surface area contributed by atoms with Gasteiger partial charge in [0.25, 0.3) is 5.78 Å². The SMILES string of the molecule is N#Cc1ccc(Br)c(C(=O)C(F)(F)F)c1. The van der Waals surface area contributed by atoms with Gasteiger partial charge in [-0.1, -0.05) is 15.9 Å². The molecule has 0 bridgehead atoms. The minimum Gasteiger partial charge on any atom is -0.284 e. The van der Waals surface area contributed by atoms with E-state index in [1.807, 2.05) is 0 Å². The van der Waals surface area contributed by atoms with E-state index in [-0.39, 0.29) is 10.0 Å². The molecule has 1 rings (SSSR count). The number of hydrogen-bond acceptors (Lipinski definition) is 2. The molecular weight excluding hydrogens is 275 g/mol. The normalized spacial score (nSPS) is 10.9. The molecule has 2 nitrogen and oxygen atoms in total. The zero-order chi connectivity index (χ0) is 11.6. The third kappa shape index (κ3) is 2.57. The lowest BCUT2D eigenvalue weighted by molar-refractivity contribution is -0.0885. The molecule has 0 aromatic heterocycles. The molecule has 0 radical (unpaired) electrons. The summed E-state index contributed by atoms with van der Waals surface area (Å²) in [7, 11) is 0. The van der Waals surface area contributed by atoms with Crippen molar-refractivity contribution in [1.82, 2.24) is 0 Å². The molecule has 0 atom stereocenters. The van der Waals surface area contributed by atoms with Crippen LogP contribution in [0.2, 0.25) is 0 Å². The number of halogens is 4. The molecule has 0 amide bonds. The van der Waals surface area contributed by atoms with Crippen molar-refractivity contribution in [2.45, 2.75) is 6.18 Å². The molecule has 1 aromatic rings. The fourth-order valence-electron chi connectivity index (χ4n) is 0.922. The van der Waals surface area contributed by atoms with Gasteiger partial charge in [-0.15, -0.1) is 0 Å². The molecule has 0 aliphatic carbocycles. The summed E-state index contributed by atoms with van der Waals surface area (Å²) in [6, 6.07) is 5.11. The van der Waals surface area contributed by atoms with Crippen molar-refractivity contribution in [3.05, 3.63) is 33.8 Å². The largest absolute Gasteiger partial charge is 0.454 e. The number of Topliss-reactive ketones (excluding diaryl/α,β-unsaturated/α-hetero) is 1. The molecule has 78 valence electrons. The minimum absolute atomic E-state index is 0.00537. The van der Waals surface area contributed by atoms with E-state index in [4.69, 9.17) is 5.26 Å². The van der Waals surface area contributed by atoms with Gasteiger partial charge in [0.2, 0.25) is 0 Å². The minimum atomic E-state index is -4.93. The maximum absolute atomic E-state index is 12.1. The average molecular weight is 278 g/mol. The molecule has 0 spiro atoms. The molecule has 6 heteroatoms. The number of nitriles is 1. The van der Waals surface area contributed by atoms with Crippen LogP contribution < -0.4 is 0 Å². The Morgan fingerprint density at radius 3 is 2.47 bits per heavy atom. The second kappa shape index (κ2) is 4.03. The van der Waals surface area contributed by atoms with E-state index in [1.54, 1.807) is 6.07 Å². The van der Waals surface area contributed by atoms with Gasteiger partial charge in [-0.25, -0.2) is 0 Å². The maximum Gasteiger partial charge on any atom is 0.454 e. The lowest BCUT2D eigenvalue weighted by atomic mass is 10.1. The number of carbonyl (C=O) groups is 1. The summed E-state index contributed by atoms with van der Waals surface area (Å²) >= 11 is 2.82. The standard InChI is InChI=1S/C9H3BrF3NO/c10-7-2-1-5(4-14)3-6(7)8(15)9(11,12)13/h1-3H. The van der Waals surface area contributed by atoms with Crippen LogP contribution in [-0.2, 0) is 0 Å². The van der Waals surface area contributed by atoms with Crippen LogP contribution >= 0.6 is 15.9 Å². The first kappa shape index (κ1) is 11.7. The molecule has 0 aliphatic rings. The Hall–Kier alpha value is -1.35. The van der Waals surface area contributed by atoms with Crippen LogP contribution in [0.15, 0.2) is 22.7 Å². The van der Waals surface area contributed by atoms with E-state index in [0.717, 1.165) is 6.07 Å². The third-order valence-electron chi connectivity index (χ3n) is 1.60. The van der Waals surface area contributed by atoms with Crippen molar-refractivity contribution in [3.8, 4) is 6.07 Å². The molecule has 0 fully saturated rings. The highest BCUT2D eigenvalue weighted by Gasteiger charge is 2.40. The zero-order valence-electron chi connectivity index (χ0n) is 7.10. The molecule has 0 N–H and O–H groups in total. The number of ketones is 1. The molecule has 0 aliphatic heterocycles. The van der Waals surface area contributed by atoms with Gasteiger partial charge in [-0.3, -0.25) is 4.79 Å². The fraction of sp³-hybridized carbons (Fsp3) is 0.111. The van der Waals surface area contributed by atoms with Crippen LogP contribution in [0, 0.1) is 11.3 Å². The Bertz CT molecular complexity index is 448. The number of hydrogen-bond donors (Lipinski definition) is 0. The van der Waals surface area contributed by atoms with E-state index in [1.165, 1.54) is 12.1 Å². The van der Waals surface area contributed by atoms with Crippen LogP contribution in [0.1, 0.15) is 15.9 Å². The summed E-state index contributed by atoms with van der Waals surface area (Å²) < 4.78 is 36.3. The van der Waals surface area contributed by atoms with Gasteiger partial charge in [-0.05, 0) is 18.2 Å². The summed E-state index contributed by atoms with van der Waals surface area (Å²) in [6.45, 7) is 0. The van der Waals surface area contributed by atoms with Crippen molar-refractivity contribution < 1.29 is 18.0 Å². The van der Waals surface area contributed by atoms with Crippen LogP contribution in [0.5, 0.6) is 0 Å². The predicted octanol–water partition coefficient (Wildman–Crippen LogP) is 3.07. The van der Waals surface area contributed by atoms with Crippen molar-refractivity contribution >= 4 is 21.7 Å². The first-order valence-electron chi connectivity index (χ1n) is 3.67. The molecule has 0 saturated heterocycles. The average Bonchev–Trinajstić information content (AvgIpc) is 2.16. The Labute approximate surface area is 91.4 Å². The van der Waals surface area contributed by atoms with E-state index in [9.17, 15) is 18.0 Å². The van der Waals surface area contributed by atoms with Gasteiger partial charge in [0, 0.05) is 10.0 Å². The highest BCUT2D eigenvalue weighted by Crippen LogP contribution is 2.27. The quantitative estimate of drug-likeness (QED) is 0.741. The smallest absolute Gasteiger partial charge is 0.284 e. The fourth-order valence-corrected chi connectivity index (χ4v) is 1.35. The van der Waals surface area contributed by atoms with Crippen molar-refractivity contribution in [2.75, 3.05) is 0 Å². The second-order valence-electron chi connectivity index (χ2n) is 2.63. The van der Waals surface area contributed by atoms with Crippen LogP contribution in [0.25, 0.3) is 0 Å². The van der Waals surface area contributed by atoms with Crippen LogP contribution in [-0.4, -0.2) is 12.0 Å². The number of benzene rings is 1. The van der Waals surface area contributed by atoms with Crippen molar-refractivity contribution in [3.63, 3.8) is 0 Å². The summed E-state index contributed by atoms with van der Waals surface area (Å²) in [5, 5.41) is 8.48. The molecule has 15 heavy (non-hydrogen) atoms. The molecule has 0 saturated carbocycles. The number of alkyl halides is 3. The van der Waals surface area contributed by atoms with Crippen molar-refractivity contribution in [2.24, 2.45) is 0 Å². The number of rotatable bonds is 1. The van der Waals surface area contributed by atoms with E-state index >= 15 is 0 Å². The first-order chi connectivity index (χ1) is 6.86. The van der Waals surface area contributed by atoms with E-state index < -0.39 is 17.5 Å². The van der Waals surface area contributed by atoms with Crippen molar-refractivity contribution in [1.29, 1.82) is 5.26 Å². The van der Waals surface area contributed by atoms with Gasteiger partial charge in [0.05, 0.1) is 11.6 Å². The van der Waals surface area contributed by atoms with E-state index in [0.29, 0.717) is 0 Å². The Kier molecular flexibility index (Phi) is 3.15. The van der Waals surface area contributed by atoms with Gasteiger partial charge in [0.1, 0.15) is 0 Å². The molecule has 0 unspecified atom stereocenters. The predicted molar refractivity (Wildman–Crippen MR) is 49.2 cm³/mol. The highest BCUT2D eigenvalue weighted by atomic mass is 79.9. The zero-order valence-corrected chi connectivity index (χ0v) is 8.69. The van der Waals surface area contributed by atoms with Gasteiger partial charge < -0.3 is 0 Å². The molecule has 1 aromatic carbocycles. The summed E-state index contributed by atoms with van der Waals surface area (Å²) in [5.41, 5.74) is -0.549. The first-order valence-corrected chi connectivity index (χ1v) is 4.46. The third-order valence-corrected chi connectivity index (χ3v) is 2.29. The lowest BCUT2D eigenvalue weighted by Gasteiger charge is -2.06. The Balaban J connectivity index is 3.26. The van der Waals surface area contributed by atoms with Crippen LogP contribution in [0.3, 0.4) is 0 Å². The topological polar surface area (TPSA) is 40.9 Å². The van der Waals surface area contributed by atoms with Crippen LogP contribution in [0.4, 0.5) is 13.2 Å².